The summed E-state index contributed by atoms with van der Waals surface area (Å²) in [5, 5.41) is 22.6. The van der Waals surface area contributed by atoms with Gasteiger partial charge in [0.05, 0.1) is 6.21 Å². The minimum atomic E-state index is -0.810. The van der Waals surface area contributed by atoms with Gasteiger partial charge in [-0.25, -0.2) is 5.43 Å². The maximum absolute atomic E-state index is 12.0. The number of nitrogens with one attached hydrogen (secondary N) is 1. The number of benzene rings is 2. The van der Waals surface area contributed by atoms with Crippen LogP contribution in [0.1, 0.15) is 5.56 Å². The fraction of sp³-hybridized carbons (Fsp3) is 0.125. The van der Waals surface area contributed by atoms with Crippen LogP contribution < -0.4 is 14.9 Å². The fourth-order valence-electron chi connectivity index (χ4n) is 2.03. The Morgan fingerprint density at radius 3 is 2.78 bits per heavy atom. The van der Waals surface area contributed by atoms with Crippen LogP contribution in [0.15, 0.2) is 47.6 Å². The summed E-state index contributed by atoms with van der Waals surface area (Å²) in [6, 6.07) is 11.1. The Balaban J connectivity index is 1.61. The highest BCUT2D eigenvalue weighted by Gasteiger charge is 2.26. The van der Waals surface area contributed by atoms with Gasteiger partial charge in [-0.05, 0) is 24.3 Å². The van der Waals surface area contributed by atoms with Gasteiger partial charge >= 0.3 is 0 Å². The van der Waals surface area contributed by atoms with Crippen molar-refractivity contribution in [1.82, 2.24) is 5.43 Å². The second-order valence-corrected chi connectivity index (χ2v) is 4.84. The van der Waals surface area contributed by atoms with E-state index in [1.54, 1.807) is 18.2 Å². The Morgan fingerprint density at radius 1 is 1.22 bits per heavy atom. The molecule has 1 heterocycles. The Kier molecular flexibility index (Phi) is 4.01. The third-order valence-corrected chi connectivity index (χ3v) is 3.19. The van der Waals surface area contributed by atoms with Gasteiger partial charge in [0.25, 0.3) is 5.91 Å². The molecule has 2 aromatic carbocycles. The van der Waals surface area contributed by atoms with Gasteiger partial charge in [-0.15, -0.1) is 0 Å². The van der Waals surface area contributed by atoms with Crippen LogP contribution in [0.2, 0.25) is 0 Å². The number of para-hydroxylation sites is 2. The van der Waals surface area contributed by atoms with E-state index in [0.717, 1.165) is 0 Å². The first-order chi connectivity index (χ1) is 11.1. The number of phenolic OH excluding ortho intramolecular Hbond substituents is 2. The highest BCUT2D eigenvalue weighted by atomic mass is 16.6. The van der Waals surface area contributed by atoms with Crippen molar-refractivity contribution in [3.63, 3.8) is 0 Å². The highest BCUT2D eigenvalue weighted by Crippen LogP contribution is 2.30. The lowest BCUT2D eigenvalue weighted by Gasteiger charge is -2.24. The number of nitrogens with zero attached hydrogens (tertiary/aromatic N) is 1. The molecule has 23 heavy (non-hydrogen) atoms. The number of aromatic hydroxyl groups is 2. The van der Waals surface area contributed by atoms with Crippen molar-refractivity contribution >= 4 is 12.1 Å². The van der Waals surface area contributed by atoms with Gasteiger partial charge in [-0.3, -0.25) is 4.79 Å². The maximum atomic E-state index is 12.0. The molecule has 1 aliphatic rings. The molecule has 7 nitrogen and oxygen atoms in total. The minimum absolute atomic E-state index is 0.0601. The topological polar surface area (TPSA) is 100 Å². The normalized spacial score (nSPS) is 16.3. The fourth-order valence-corrected chi connectivity index (χ4v) is 2.03. The molecular weight excluding hydrogens is 300 g/mol. The van der Waals surface area contributed by atoms with Gasteiger partial charge in [0, 0.05) is 11.6 Å². The predicted octanol–water partition coefficient (Wildman–Crippen LogP) is 1.39. The van der Waals surface area contributed by atoms with Gasteiger partial charge in [0.2, 0.25) is 6.10 Å². The van der Waals surface area contributed by atoms with Crippen molar-refractivity contribution in [3.05, 3.63) is 48.0 Å². The quantitative estimate of drug-likeness (QED) is 0.587. The molecule has 0 aromatic heterocycles. The minimum Gasteiger partial charge on any atom is -0.508 e. The number of hydrazone groups is 1. The third-order valence-electron chi connectivity index (χ3n) is 3.19. The van der Waals surface area contributed by atoms with Crippen molar-refractivity contribution < 1.29 is 24.5 Å². The first-order valence-corrected chi connectivity index (χ1v) is 6.87. The molecule has 3 rings (SSSR count). The second kappa shape index (κ2) is 6.27. The number of hydrogen-bond acceptors (Lipinski definition) is 6. The lowest BCUT2D eigenvalue weighted by molar-refractivity contribution is -0.130. The Morgan fingerprint density at radius 2 is 2.00 bits per heavy atom. The van der Waals surface area contributed by atoms with Crippen LogP contribution in [-0.2, 0) is 4.79 Å². The molecule has 1 atom stereocenters. The third kappa shape index (κ3) is 3.34. The average molecular weight is 314 g/mol. The van der Waals surface area contributed by atoms with Crippen LogP contribution in [0.3, 0.4) is 0 Å². The summed E-state index contributed by atoms with van der Waals surface area (Å²) in [6.07, 6.45) is 0.458. The van der Waals surface area contributed by atoms with Crippen LogP contribution in [0.4, 0.5) is 0 Å². The van der Waals surface area contributed by atoms with Crippen LogP contribution in [0, 0.1) is 0 Å². The Labute approximate surface area is 131 Å². The van der Waals surface area contributed by atoms with Gasteiger partial charge in [0.1, 0.15) is 18.1 Å². The van der Waals surface area contributed by atoms with Crippen LogP contribution in [0.25, 0.3) is 0 Å². The largest absolute Gasteiger partial charge is 0.508 e. The summed E-state index contributed by atoms with van der Waals surface area (Å²) >= 11 is 0. The summed E-state index contributed by atoms with van der Waals surface area (Å²) in [5.41, 5.74) is 2.68. The van der Waals surface area contributed by atoms with E-state index in [0.29, 0.717) is 17.1 Å². The molecule has 1 amide bonds. The van der Waals surface area contributed by atoms with Gasteiger partial charge in [0.15, 0.2) is 11.5 Å². The SMILES string of the molecule is O=C(N/N=C\c1ccc(O)cc1O)[C@H]1COc2ccccc2O1. The number of amides is 1. The molecule has 0 unspecified atom stereocenters. The average Bonchev–Trinajstić information content (AvgIpc) is 2.56. The molecule has 0 spiro atoms. The standard InChI is InChI=1S/C16H14N2O5/c19-11-6-5-10(12(20)7-11)8-17-18-16(21)15-9-22-13-3-1-2-4-14(13)23-15/h1-8,15,19-20H,9H2,(H,18,21)/b17-8-/t15-/m1/s1. The number of carbonyl (C=O) groups excluding carboxylic acids is 1. The van der Waals surface area contributed by atoms with E-state index < -0.39 is 12.0 Å². The van der Waals surface area contributed by atoms with E-state index in [1.165, 1.54) is 24.4 Å². The zero-order chi connectivity index (χ0) is 16.2. The highest BCUT2D eigenvalue weighted by molar-refractivity contribution is 5.86. The first kappa shape index (κ1) is 14.7. The summed E-state index contributed by atoms with van der Waals surface area (Å²) in [6.45, 7) is 0.0861. The van der Waals surface area contributed by atoms with Crippen molar-refractivity contribution in [1.29, 1.82) is 0 Å². The van der Waals surface area contributed by atoms with Crippen molar-refractivity contribution in [2.45, 2.75) is 6.10 Å². The first-order valence-electron chi connectivity index (χ1n) is 6.87. The molecule has 0 fully saturated rings. The molecular formula is C16H14N2O5. The van der Waals surface area contributed by atoms with Crippen LogP contribution >= 0.6 is 0 Å². The van der Waals surface area contributed by atoms with Gasteiger partial charge < -0.3 is 19.7 Å². The van der Waals surface area contributed by atoms with Crippen molar-refractivity contribution in [2.75, 3.05) is 6.61 Å². The van der Waals surface area contributed by atoms with E-state index in [-0.39, 0.29) is 18.1 Å². The molecule has 2 aromatic rings. The molecule has 3 N–H and O–H groups in total. The van der Waals surface area contributed by atoms with E-state index in [9.17, 15) is 15.0 Å². The van der Waals surface area contributed by atoms with E-state index in [1.807, 2.05) is 6.07 Å². The lowest BCUT2D eigenvalue weighted by Crippen LogP contribution is -2.42. The van der Waals surface area contributed by atoms with Crippen LogP contribution in [-0.4, -0.2) is 35.0 Å². The molecule has 7 heteroatoms. The molecule has 0 saturated heterocycles. The maximum Gasteiger partial charge on any atom is 0.284 e. The van der Waals surface area contributed by atoms with Gasteiger partial charge in [-0.1, -0.05) is 12.1 Å². The lowest BCUT2D eigenvalue weighted by atomic mass is 10.2. The molecule has 0 saturated carbocycles. The number of rotatable bonds is 3. The number of ether oxygens (including phenoxy) is 2. The van der Waals surface area contributed by atoms with Crippen LogP contribution in [0.5, 0.6) is 23.0 Å². The van der Waals surface area contributed by atoms with E-state index >= 15 is 0 Å². The zero-order valence-electron chi connectivity index (χ0n) is 12.0. The summed E-state index contributed by atoms with van der Waals surface area (Å²) in [7, 11) is 0. The molecule has 0 bridgehead atoms. The number of fused-ring (bicyclic) bond motifs is 1. The van der Waals surface area contributed by atoms with Gasteiger partial charge in [-0.2, -0.15) is 5.10 Å². The molecule has 118 valence electrons. The number of phenols is 2. The smallest absolute Gasteiger partial charge is 0.284 e. The van der Waals surface area contributed by atoms with E-state index in [4.69, 9.17) is 9.47 Å². The predicted molar refractivity (Wildman–Crippen MR) is 81.9 cm³/mol. The Hall–Kier alpha value is -3.22. The summed E-state index contributed by atoms with van der Waals surface area (Å²) in [5.74, 6) is 0.423. The second-order valence-electron chi connectivity index (χ2n) is 4.84. The summed E-state index contributed by atoms with van der Waals surface area (Å²) in [4.78, 5) is 12.0. The summed E-state index contributed by atoms with van der Waals surface area (Å²) < 4.78 is 11.0. The zero-order valence-corrected chi connectivity index (χ0v) is 12.0. The van der Waals surface area contributed by atoms with Crippen molar-refractivity contribution in [2.24, 2.45) is 5.10 Å². The molecule has 0 radical (unpaired) electrons. The number of carbonyl (C=O) groups is 1. The monoisotopic (exact) mass is 314 g/mol. The molecule has 0 aliphatic carbocycles. The number of hydrogen-bond donors (Lipinski definition) is 3. The van der Waals surface area contributed by atoms with Crippen molar-refractivity contribution in [3.8, 4) is 23.0 Å². The Bertz CT molecular complexity index is 760. The molecule has 1 aliphatic heterocycles. The van der Waals surface area contributed by atoms with E-state index in [2.05, 4.69) is 10.5 Å².